The molecule has 0 amide bonds. The summed E-state index contributed by atoms with van der Waals surface area (Å²) in [5, 5.41) is 0.363. The monoisotopic (exact) mass is 208 g/mol. The van der Waals surface area contributed by atoms with Crippen LogP contribution in [0.3, 0.4) is 0 Å². The summed E-state index contributed by atoms with van der Waals surface area (Å²) in [7, 11) is 0. The van der Waals surface area contributed by atoms with Gasteiger partial charge in [0.15, 0.2) is 6.10 Å². The van der Waals surface area contributed by atoms with Gasteiger partial charge in [0.05, 0.1) is 10.6 Å². The number of hydrogen-bond acceptors (Lipinski definition) is 2. The van der Waals surface area contributed by atoms with E-state index >= 15 is 0 Å². The minimum absolute atomic E-state index is 0.330. The number of ether oxygens (including phenoxy) is 1. The normalized spacial score (nSPS) is 11.5. The third kappa shape index (κ3) is 2.51. The van der Waals surface area contributed by atoms with Gasteiger partial charge in [0, 0.05) is 0 Å². The summed E-state index contributed by atoms with van der Waals surface area (Å²) in [5.41, 5.74) is 0.330. The second-order valence-corrected chi connectivity index (χ2v) is 3.10. The largest absolute Gasteiger partial charge is 0.446 e. The first-order chi connectivity index (χ1) is 6.65. The molecule has 0 fully saturated rings. The van der Waals surface area contributed by atoms with Crippen molar-refractivity contribution < 1.29 is 9.53 Å². The molecular formula is C11H9ClO2. The standard InChI is InChI=1S/C11H9ClO2/c1-3-8(2)14-11(13)9-6-4-5-7-10(9)12/h1,4-8H,2H3. The quantitative estimate of drug-likeness (QED) is 0.552. The van der Waals surface area contributed by atoms with E-state index < -0.39 is 12.1 Å². The van der Waals surface area contributed by atoms with Gasteiger partial charge in [-0.25, -0.2) is 4.79 Å². The molecule has 1 aromatic carbocycles. The van der Waals surface area contributed by atoms with E-state index in [2.05, 4.69) is 5.92 Å². The van der Waals surface area contributed by atoms with Crippen LogP contribution in [-0.4, -0.2) is 12.1 Å². The number of carbonyl (C=O) groups is 1. The zero-order chi connectivity index (χ0) is 10.6. The number of rotatable bonds is 2. The maximum Gasteiger partial charge on any atom is 0.340 e. The molecule has 1 atom stereocenters. The van der Waals surface area contributed by atoms with Crippen molar-refractivity contribution in [3.63, 3.8) is 0 Å². The summed E-state index contributed by atoms with van der Waals surface area (Å²) in [5.74, 6) is 1.80. The van der Waals surface area contributed by atoms with Crippen LogP contribution in [0.1, 0.15) is 17.3 Å². The van der Waals surface area contributed by atoms with Crippen molar-refractivity contribution in [2.45, 2.75) is 13.0 Å². The molecule has 0 saturated carbocycles. The molecule has 0 aliphatic heterocycles. The van der Waals surface area contributed by atoms with Gasteiger partial charge in [0.25, 0.3) is 0 Å². The highest BCUT2D eigenvalue weighted by molar-refractivity contribution is 6.33. The molecule has 0 aromatic heterocycles. The number of esters is 1. The van der Waals surface area contributed by atoms with Gasteiger partial charge in [-0.05, 0) is 19.1 Å². The molecule has 0 saturated heterocycles. The maximum absolute atomic E-state index is 11.4. The Morgan fingerprint density at radius 1 is 1.57 bits per heavy atom. The minimum Gasteiger partial charge on any atom is -0.446 e. The lowest BCUT2D eigenvalue weighted by Crippen LogP contribution is -2.13. The van der Waals surface area contributed by atoms with Gasteiger partial charge >= 0.3 is 5.97 Å². The van der Waals surface area contributed by atoms with Crippen LogP contribution >= 0.6 is 11.6 Å². The summed E-state index contributed by atoms with van der Waals surface area (Å²) in [6.45, 7) is 1.62. The van der Waals surface area contributed by atoms with Gasteiger partial charge in [-0.2, -0.15) is 0 Å². The Bertz CT molecular complexity index is 379. The Morgan fingerprint density at radius 3 is 2.79 bits per heavy atom. The molecule has 3 heteroatoms. The molecule has 1 rings (SSSR count). The van der Waals surface area contributed by atoms with Gasteiger partial charge in [-0.15, -0.1) is 6.42 Å². The van der Waals surface area contributed by atoms with Crippen molar-refractivity contribution >= 4 is 17.6 Å². The number of hydrogen-bond donors (Lipinski definition) is 0. The molecular weight excluding hydrogens is 200 g/mol. The van der Waals surface area contributed by atoms with Crippen molar-refractivity contribution in [3.8, 4) is 12.3 Å². The predicted octanol–water partition coefficient (Wildman–Crippen LogP) is 2.52. The summed E-state index contributed by atoms with van der Waals surface area (Å²) in [4.78, 5) is 11.4. The van der Waals surface area contributed by atoms with Crippen molar-refractivity contribution in [2.75, 3.05) is 0 Å². The molecule has 0 bridgehead atoms. The second-order valence-electron chi connectivity index (χ2n) is 2.69. The van der Waals surface area contributed by atoms with Gasteiger partial charge < -0.3 is 4.74 Å². The van der Waals surface area contributed by atoms with E-state index in [9.17, 15) is 4.79 Å². The Hall–Kier alpha value is -1.46. The summed E-state index contributed by atoms with van der Waals surface area (Å²) >= 11 is 5.79. The summed E-state index contributed by atoms with van der Waals surface area (Å²) in [6, 6.07) is 6.67. The third-order valence-corrected chi connectivity index (χ3v) is 1.94. The minimum atomic E-state index is -0.543. The average molecular weight is 209 g/mol. The molecule has 0 aliphatic carbocycles. The topological polar surface area (TPSA) is 26.3 Å². The van der Waals surface area contributed by atoms with E-state index in [1.54, 1.807) is 31.2 Å². The zero-order valence-corrected chi connectivity index (χ0v) is 8.41. The van der Waals surface area contributed by atoms with Crippen LogP contribution in [0.2, 0.25) is 5.02 Å². The first kappa shape index (κ1) is 10.6. The fourth-order valence-corrected chi connectivity index (χ4v) is 1.10. The molecule has 1 unspecified atom stereocenters. The number of halogens is 1. The third-order valence-electron chi connectivity index (χ3n) is 1.61. The Balaban J connectivity index is 2.81. The number of benzene rings is 1. The highest BCUT2D eigenvalue weighted by Crippen LogP contribution is 2.16. The van der Waals surface area contributed by atoms with Crippen LogP contribution in [-0.2, 0) is 4.74 Å². The average Bonchev–Trinajstić information content (AvgIpc) is 2.18. The molecule has 0 radical (unpaired) electrons. The molecule has 0 heterocycles. The Kier molecular flexibility index (Phi) is 3.55. The van der Waals surface area contributed by atoms with Crippen LogP contribution in [0.5, 0.6) is 0 Å². The Morgan fingerprint density at radius 2 is 2.21 bits per heavy atom. The molecule has 2 nitrogen and oxygen atoms in total. The lowest BCUT2D eigenvalue weighted by molar-refractivity contribution is 0.0439. The molecule has 0 N–H and O–H groups in total. The smallest absolute Gasteiger partial charge is 0.340 e. The Labute approximate surface area is 87.8 Å². The van der Waals surface area contributed by atoms with Crippen LogP contribution in [0.15, 0.2) is 24.3 Å². The van der Waals surface area contributed by atoms with Crippen LogP contribution < -0.4 is 0 Å². The fourth-order valence-electron chi connectivity index (χ4n) is 0.885. The first-order valence-electron chi connectivity index (χ1n) is 4.06. The first-order valence-corrected chi connectivity index (χ1v) is 4.44. The maximum atomic E-state index is 11.4. The van der Waals surface area contributed by atoms with Crippen LogP contribution in [0, 0.1) is 12.3 Å². The van der Waals surface area contributed by atoms with Crippen molar-refractivity contribution in [1.29, 1.82) is 0 Å². The zero-order valence-electron chi connectivity index (χ0n) is 7.66. The van der Waals surface area contributed by atoms with E-state index in [4.69, 9.17) is 22.8 Å². The van der Waals surface area contributed by atoms with Gasteiger partial charge in [0.2, 0.25) is 0 Å². The van der Waals surface area contributed by atoms with Crippen molar-refractivity contribution in [1.82, 2.24) is 0 Å². The van der Waals surface area contributed by atoms with E-state index in [1.807, 2.05) is 0 Å². The van der Waals surface area contributed by atoms with E-state index in [1.165, 1.54) is 0 Å². The van der Waals surface area contributed by atoms with Gasteiger partial charge in [-0.1, -0.05) is 29.7 Å². The van der Waals surface area contributed by atoms with E-state index in [0.717, 1.165) is 0 Å². The van der Waals surface area contributed by atoms with Gasteiger partial charge in [-0.3, -0.25) is 0 Å². The van der Waals surface area contributed by atoms with Crippen LogP contribution in [0.4, 0.5) is 0 Å². The summed E-state index contributed by atoms with van der Waals surface area (Å²) < 4.78 is 4.91. The number of terminal acetylenes is 1. The molecule has 0 spiro atoms. The molecule has 1 aromatic rings. The lowest BCUT2D eigenvalue weighted by Gasteiger charge is -2.07. The predicted molar refractivity (Wildman–Crippen MR) is 55.2 cm³/mol. The van der Waals surface area contributed by atoms with Crippen molar-refractivity contribution in [2.24, 2.45) is 0 Å². The highest BCUT2D eigenvalue weighted by atomic mass is 35.5. The lowest BCUT2D eigenvalue weighted by atomic mass is 10.2. The van der Waals surface area contributed by atoms with Crippen molar-refractivity contribution in [3.05, 3.63) is 34.9 Å². The van der Waals surface area contributed by atoms with E-state index in [0.29, 0.717) is 10.6 Å². The SMILES string of the molecule is C#CC(C)OC(=O)c1ccccc1Cl. The van der Waals surface area contributed by atoms with Crippen LogP contribution in [0.25, 0.3) is 0 Å². The highest BCUT2D eigenvalue weighted by Gasteiger charge is 2.12. The summed E-state index contributed by atoms with van der Waals surface area (Å²) in [6.07, 6.45) is 4.53. The molecule has 14 heavy (non-hydrogen) atoms. The molecule has 0 aliphatic rings. The van der Waals surface area contributed by atoms with Gasteiger partial charge in [0.1, 0.15) is 0 Å². The van der Waals surface area contributed by atoms with E-state index in [-0.39, 0.29) is 0 Å². The number of carbonyl (C=O) groups excluding carboxylic acids is 1. The second kappa shape index (κ2) is 4.69. The fraction of sp³-hybridized carbons (Fsp3) is 0.182. The molecule has 72 valence electrons.